The fourth-order valence-electron chi connectivity index (χ4n) is 2.48. The van der Waals surface area contributed by atoms with E-state index in [2.05, 4.69) is 12.2 Å². The topological polar surface area (TPSA) is 62.5 Å². The van der Waals surface area contributed by atoms with Crippen molar-refractivity contribution in [2.45, 2.75) is 51.1 Å². The van der Waals surface area contributed by atoms with Crippen molar-refractivity contribution in [2.75, 3.05) is 0 Å². The quantitative estimate of drug-likeness (QED) is 0.845. The molecule has 1 heterocycles. The summed E-state index contributed by atoms with van der Waals surface area (Å²) >= 11 is 0. The molecule has 0 aromatic carbocycles. The summed E-state index contributed by atoms with van der Waals surface area (Å²) < 4.78 is 4.96. The van der Waals surface area contributed by atoms with E-state index in [4.69, 9.17) is 9.52 Å². The van der Waals surface area contributed by atoms with Gasteiger partial charge in [0, 0.05) is 17.6 Å². The van der Waals surface area contributed by atoms with Crippen molar-refractivity contribution < 1.29 is 14.3 Å². The Balaban J connectivity index is 1.97. The van der Waals surface area contributed by atoms with Gasteiger partial charge in [0.25, 0.3) is 0 Å². The molecule has 0 saturated heterocycles. The third kappa shape index (κ3) is 2.88. The Morgan fingerprint density at radius 3 is 2.82 bits per heavy atom. The average Bonchev–Trinajstić information content (AvgIpc) is 2.76. The predicted molar refractivity (Wildman–Crippen MR) is 64.0 cm³/mol. The molecular weight excluding hydrogens is 218 g/mol. The predicted octanol–water partition coefficient (Wildman–Crippen LogP) is 2.79. The summed E-state index contributed by atoms with van der Waals surface area (Å²) in [5.41, 5.74) is 0.870. The first kappa shape index (κ1) is 12.2. The summed E-state index contributed by atoms with van der Waals surface area (Å²) in [6.07, 6.45) is 7.56. The average molecular weight is 237 g/mol. The molecule has 4 heteroatoms. The third-order valence-corrected chi connectivity index (χ3v) is 3.60. The zero-order valence-electron chi connectivity index (χ0n) is 10.2. The van der Waals surface area contributed by atoms with Crippen LogP contribution in [0.25, 0.3) is 0 Å². The minimum absolute atomic E-state index is 0.0527. The molecule has 0 atom stereocenters. The number of furan rings is 1. The molecule has 1 fully saturated rings. The van der Waals surface area contributed by atoms with Gasteiger partial charge in [0.2, 0.25) is 5.76 Å². The number of nitrogens with one attached hydrogen (secondary N) is 1. The monoisotopic (exact) mass is 237 g/mol. The molecule has 0 amide bonds. The first-order chi connectivity index (χ1) is 8.11. The molecule has 0 unspecified atom stereocenters. The van der Waals surface area contributed by atoms with Crippen LogP contribution >= 0.6 is 0 Å². The van der Waals surface area contributed by atoms with Crippen LogP contribution in [0.15, 0.2) is 16.7 Å². The number of carboxylic acid groups (broad SMARTS) is 1. The van der Waals surface area contributed by atoms with Crippen molar-refractivity contribution in [1.29, 1.82) is 0 Å². The van der Waals surface area contributed by atoms with E-state index in [1.807, 2.05) is 0 Å². The summed E-state index contributed by atoms with van der Waals surface area (Å²) in [5.74, 6) is -0.947. The van der Waals surface area contributed by atoms with Crippen molar-refractivity contribution in [2.24, 2.45) is 0 Å². The normalized spacial score (nSPS) is 19.1. The maximum absolute atomic E-state index is 10.9. The highest BCUT2D eigenvalue weighted by Gasteiger charge is 2.26. The second-order valence-corrected chi connectivity index (χ2v) is 5.05. The van der Waals surface area contributed by atoms with E-state index in [0.717, 1.165) is 18.4 Å². The van der Waals surface area contributed by atoms with Crippen molar-refractivity contribution >= 4 is 5.97 Å². The Morgan fingerprint density at radius 2 is 2.18 bits per heavy atom. The Kier molecular flexibility index (Phi) is 3.52. The number of carboxylic acids is 1. The van der Waals surface area contributed by atoms with Gasteiger partial charge in [0.15, 0.2) is 0 Å². The molecule has 0 bridgehead atoms. The van der Waals surface area contributed by atoms with Gasteiger partial charge in [-0.15, -0.1) is 0 Å². The van der Waals surface area contributed by atoms with Crippen molar-refractivity contribution in [3.8, 4) is 0 Å². The number of aromatic carboxylic acids is 1. The highest BCUT2D eigenvalue weighted by Crippen LogP contribution is 2.28. The van der Waals surface area contributed by atoms with Gasteiger partial charge in [-0.3, -0.25) is 0 Å². The molecular formula is C13H19NO3. The molecule has 17 heavy (non-hydrogen) atoms. The Bertz CT molecular complexity index is 391. The van der Waals surface area contributed by atoms with Crippen LogP contribution in [0.2, 0.25) is 0 Å². The van der Waals surface area contributed by atoms with Gasteiger partial charge in [-0.05, 0) is 25.8 Å². The van der Waals surface area contributed by atoms with Crippen LogP contribution in [0.5, 0.6) is 0 Å². The van der Waals surface area contributed by atoms with Crippen LogP contribution in [0.4, 0.5) is 0 Å². The van der Waals surface area contributed by atoms with Gasteiger partial charge in [-0.25, -0.2) is 4.79 Å². The molecule has 1 aliphatic carbocycles. The fraction of sp³-hybridized carbons (Fsp3) is 0.615. The van der Waals surface area contributed by atoms with E-state index in [1.54, 1.807) is 6.07 Å². The number of rotatable bonds is 4. The van der Waals surface area contributed by atoms with Gasteiger partial charge in [0.05, 0.1) is 6.26 Å². The number of hydrogen-bond acceptors (Lipinski definition) is 3. The molecule has 4 nitrogen and oxygen atoms in total. The molecule has 0 spiro atoms. The van der Waals surface area contributed by atoms with Crippen molar-refractivity contribution in [3.05, 3.63) is 23.7 Å². The lowest BCUT2D eigenvalue weighted by Crippen LogP contribution is -2.43. The highest BCUT2D eigenvalue weighted by atomic mass is 16.4. The smallest absolute Gasteiger partial charge is 0.372 e. The van der Waals surface area contributed by atoms with Crippen molar-refractivity contribution in [1.82, 2.24) is 5.32 Å². The second-order valence-electron chi connectivity index (χ2n) is 5.05. The van der Waals surface area contributed by atoms with E-state index in [1.165, 1.54) is 25.5 Å². The molecule has 1 aromatic rings. The van der Waals surface area contributed by atoms with Crippen LogP contribution in [-0.2, 0) is 6.54 Å². The first-order valence-corrected chi connectivity index (χ1v) is 6.15. The lowest BCUT2D eigenvalue weighted by molar-refractivity contribution is 0.0660. The fourth-order valence-corrected chi connectivity index (χ4v) is 2.48. The van der Waals surface area contributed by atoms with Gasteiger partial charge in [-0.2, -0.15) is 0 Å². The molecule has 94 valence electrons. The van der Waals surface area contributed by atoms with Crippen LogP contribution in [0, 0.1) is 0 Å². The lowest BCUT2D eigenvalue weighted by atomic mass is 9.83. The minimum atomic E-state index is -0.999. The molecule has 2 rings (SSSR count). The molecule has 0 aliphatic heterocycles. The summed E-state index contributed by atoms with van der Waals surface area (Å²) in [4.78, 5) is 10.9. The van der Waals surface area contributed by atoms with Gasteiger partial charge in [0.1, 0.15) is 0 Å². The standard InChI is InChI=1S/C13H19NO3/c1-13(6-3-2-4-7-13)14-9-10-5-8-17-11(10)12(15)16/h5,8,14H,2-4,6-7,9H2,1H3,(H,15,16). The maximum Gasteiger partial charge on any atom is 0.372 e. The van der Waals surface area contributed by atoms with Gasteiger partial charge in [-0.1, -0.05) is 19.3 Å². The van der Waals surface area contributed by atoms with E-state index >= 15 is 0 Å². The number of carbonyl (C=O) groups is 1. The van der Waals surface area contributed by atoms with E-state index < -0.39 is 5.97 Å². The first-order valence-electron chi connectivity index (χ1n) is 6.15. The van der Waals surface area contributed by atoms with E-state index in [-0.39, 0.29) is 11.3 Å². The molecule has 1 aliphatic rings. The van der Waals surface area contributed by atoms with Gasteiger partial charge >= 0.3 is 5.97 Å². The highest BCUT2D eigenvalue weighted by molar-refractivity contribution is 5.86. The minimum Gasteiger partial charge on any atom is -0.475 e. The third-order valence-electron chi connectivity index (χ3n) is 3.60. The zero-order chi connectivity index (χ0) is 12.3. The summed E-state index contributed by atoms with van der Waals surface area (Å²) in [6, 6.07) is 1.72. The summed E-state index contributed by atoms with van der Waals surface area (Å²) in [7, 11) is 0. The molecule has 1 aromatic heterocycles. The van der Waals surface area contributed by atoms with Crippen LogP contribution in [0.1, 0.15) is 55.1 Å². The largest absolute Gasteiger partial charge is 0.475 e. The van der Waals surface area contributed by atoms with E-state index in [0.29, 0.717) is 6.54 Å². The summed E-state index contributed by atoms with van der Waals surface area (Å²) in [5, 5.41) is 12.4. The second kappa shape index (κ2) is 4.92. The summed E-state index contributed by atoms with van der Waals surface area (Å²) in [6.45, 7) is 2.78. The zero-order valence-corrected chi connectivity index (χ0v) is 10.2. The molecule has 1 saturated carbocycles. The Morgan fingerprint density at radius 1 is 1.47 bits per heavy atom. The van der Waals surface area contributed by atoms with Crippen LogP contribution in [0.3, 0.4) is 0 Å². The maximum atomic E-state index is 10.9. The van der Waals surface area contributed by atoms with Crippen LogP contribution in [-0.4, -0.2) is 16.6 Å². The Hall–Kier alpha value is -1.29. The SMILES string of the molecule is CC1(NCc2ccoc2C(=O)O)CCCCC1. The van der Waals surface area contributed by atoms with Gasteiger partial charge < -0.3 is 14.8 Å². The van der Waals surface area contributed by atoms with Crippen LogP contribution < -0.4 is 5.32 Å². The van der Waals surface area contributed by atoms with Crippen molar-refractivity contribution in [3.63, 3.8) is 0 Å². The van der Waals surface area contributed by atoms with E-state index in [9.17, 15) is 4.79 Å². The number of hydrogen-bond donors (Lipinski definition) is 2. The Labute approximate surface area is 101 Å². The molecule has 2 N–H and O–H groups in total. The molecule has 0 radical (unpaired) electrons. The lowest BCUT2D eigenvalue weighted by Gasteiger charge is -2.34.